The Labute approximate surface area is 261 Å². The summed E-state index contributed by atoms with van der Waals surface area (Å²) in [7, 11) is 0. The van der Waals surface area contributed by atoms with Gasteiger partial charge in [-0.25, -0.2) is 29.9 Å². The number of aromatic nitrogens is 6. The molecule has 3 rings (SSSR count). The molecule has 3 aromatic heterocycles. The fourth-order valence-corrected chi connectivity index (χ4v) is 5.49. The lowest BCUT2D eigenvalue weighted by Crippen LogP contribution is -2.30. The van der Waals surface area contributed by atoms with E-state index in [0.29, 0.717) is 66.9 Å². The van der Waals surface area contributed by atoms with Crippen molar-refractivity contribution in [2.24, 2.45) is 0 Å². The van der Waals surface area contributed by atoms with Gasteiger partial charge in [0.1, 0.15) is 17.1 Å². The lowest BCUT2D eigenvalue weighted by molar-refractivity contribution is -0.390. The summed E-state index contributed by atoms with van der Waals surface area (Å²) in [5.41, 5.74) is 1.31. The highest BCUT2D eigenvalue weighted by atomic mass is 16.6. The van der Waals surface area contributed by atoms with Crippen LogP contribution >= 0.6 is 0 Å². The highest BCUT2D eigenvalue weighted by Gasteiger charge is 2.22. The van der Waals surface area contributed by atoms with Crippen LogP contribution in [0.15, 0.2) is 0 Å². The Hall–Kier alpha value is -4.25. The summed E-state index contributed by atoms with van der Waals surface area (Å²) in [5, 5.41) is 34.0. The first-order chi connectivity index (χ1) is 21.5. The zero-order valence-corrected chi connectivity index (χ0v) is 26.6. The van der Waals surface area contributed by atoms with E-state index in [1.165, 1.54) is 0 Å². The molecule has 45 heavy (non-hydrogen) atoms. The van der Waals surface area contributed by atoms with E-state index in [1.807, 2.05) is 0 Å². The van der Waals surface area contributed by atoms with Gasteiger partial charge >= 0.3 is 17.5 Å². The van der Waals surface area contributed by atoms with Gasteiger partial charge in [0, 0.05) is 59.7 Å². The number of unbranched alkanes of at least 4 members (excludes halogenated alkanes) is 5. The molecule has 0 bridgehead atoms. The number of imidazole rings is 3. The van der Waals surface area contributed by atoms with Gasteiger partial charge in [0.2, 0.25) is 0 Å². The van der Waals surface area contributed by atoms with Crippen LogP contribution in [-0.2, 0) is 19.3 Å². The molecule has 0 unspecified atom stereocenters. The maximum Gasteiger partial charge on any atom is 0.343 e. The van der Waals surface area contributed by atoms with E-state index < -0.39 is 14.8 Å². The van der Waals surface area contributed by atoms with Crippen molar-refractivity contribution in [3.63, 3.8) is 0 Å². The smallest absolute Gasteiger partial charge is 0.343 e. The average molecular weight is 632 g/mol. The monoisotopic (exact) mass is 631 g/mol. The number of hydrogen-bond donors (Lipinski definition) is 3. The van der Waals surface area contributed by atoms with Crippen LogP contribution in [0.1, 0.15) is 80.0 Å². The molecule has 248 valence electrons. The molecule has 0 aromatic carbocycles. The Morgan fingerprint density at radius 3 is 1.18 bits per heavy atom. The zero-order chi connectivity index (χ0) is 32.9. The van der Waals surface area contributed by atoms with Crippen molar-refractivity contribution >= 4 is 17.5 Å². The van der Waals surface area contributed by atoms with Crippen LogP contribution in [0.3, 0.4) is 0 Å². The SMILES string of the molecule is CCN(CCCCCCCCN(CCc1nc(C)[nH]c1[N+](=O)[O-])CCc1nc(C)[nH]c1[N+](=O)[O-])CCc1nc(C)[nH]c1[N+](=O)[O-]. The van der Waals surface area contributed by atoms with Crippen LogP contribution in [0.2, 0.25) is 0 Å². The lowest BCUT2D eigenvalue weighted by Gasteiger charge is -2.21. The number of likely N-dealkylation sites (N-methyl/N-ethyl adjacent to an activating group) is 1. The summed E-state index contributed by atoms with van der Waals surface area (Å²) in [4.78, 5) is 58.2. The van der Waals surface area contributed by atoms with E-state index in [4.69, 9.17) is 0 Å². The number of nitrogens with zero attached hydrogens (tertiary/aromatic N) is 8. The summed E-state index contributed by atoms with van der Waals surface area (Å²) in [6, 6.07) is 0. The molecule has 0 saturated heterocycles. The lowest BCUT2D eigenvalue weighted by atomic mass is 10.1. The molecular weight excluding hydrogens is 586 g/mol. The Morgan fingerprint density at radius 2 is 0.844 bits per heavy atom. The van der Waals surface area contributed by atoms with Crippen LogP contribution in [0.4, 0.5) is 17.5 Å². The summed E-state index contributed by atoms with van der Waals surface area (Å²) >= 11 is 0. The van der Waals surface area contributed by atoms with Crippen molar-refractivity contribution in [1.82, 2.24) is 39.7 Å². The van der Waals surface area contributed by atoms with Gasteiger partial charge in [-0.15, -0.1) is 0 Å². The fraction of sp³-hybridized carbons (Fsp3) is 0.679. The molecule has 0 amide bonds. The molecule has 0 aliphatic carbocycles. The average Bonchev–Trinajstić information content (AvgIpc) is 3.68. The Kier molecular flexibility index (Phi) is 13.5. The van der Waals surface area contributed by atoms with Gasteiger partial charge in [-0.05, 0) is 47.2 Å². The maximum absolute atomic E-state index is 11.4. The summed E-state index contributed by atoms with van der Waals surface area (Å²) < 4.78 is 0. The zero-order valence-electron chi connectivity index (χ0n) is 26.6. The minimum Gasteiger partial charge on any atom is -0.358 e. The van der Waals surface area contributed by atoms with Crippen molar-refractivity contribution in [3.05, 3.63) is 64.9 Å². The fourth-order valence-electron chi connectivity index (χ4n) is 5.49. The standard InChI is InChI=1S/C28H45N11O6/c1-5-35(17-12-23-26(37(40)41)32-20(2)29-23)15-10-8-6-7-9-11-16-36(18-13-24-27(38(42)43)33-21(3)30-24)19-14-25-28(39(44)45)34-22(4)31-25/h5-19H2,1-4H3,(H,29,32)(H,30,33)(H,31,34). The third-order valence-electron chi connectivity index (χ3n) is 7.81. The number of aromatic amines is 3. The molecule has 0 saturated carbocycles. The first-order valence-electron chi connectivity index (χ1n) is 15.5. The third kappa shape index (κ3) is 11.0. The predicted molar refractivity (Wildman–Crippen MR) is 167 cm³/mol. The van der Waals surface area contributed by atoms with Crippen LogP contribution in [0.5, 0.6) is 0 Å². The quantitative estimate of drug-likeness (QED) is 0.0795. The number of hydrogen-bond acceptors (Lipinski definition) is 11. The highest BCUT2D eigenvalue weighted by Crippen LogP contribution is 2.19. The van der Waals surface area contributed by atoms with Crippen molar-refractivity contribution < 1.29 is 14.8 Å². The van der Waals surface area contributed by atoms with Gasteiger partial charge in [0.15, 0.2) is 17.5 Å². The second-order valence-corrected chi connectivity index (χ2v) is 11.3. The number of rotatable bonds is 22. The molecule has 0 spiro atoms. The van der Waals surface area contributed by atoms with Gasteiger partial charge in [0.25, 0.3) is 0 Å². The normalized spacial score (nSPS) is 11.6. The van der Waals surface area contributed by atoms with Crippen molar-refractivity contribution in [1.29, 1.82) is 0 Å². The molecule has 0 aliphatic rings. The molecule has 3 heterocycles. The highest BCUT2D eigenvalue weighted by molar-refractivity contribution is 5.29. The van der Waals surface area contributed by atoms with E-state index >= 15 is 0 Å². The van der Waals surface area contributed by atoms with Crippen molar-refractivity contribution in [2.45, 2.75) is 85.5 Å². The minimum atomic E-state index is -0.457. The molecule has 17 heteroatoms. The van der Waals surface area contributed by atoms with Crippen LogP contribution < -0.4 is 0 Å². The molecule has 0 fully saturated rings. The third-order valence-corrected chi connectivity index (χ3v) is 7.81. The van der Waals surface area contributed by atoms with E-state index in [0.717, 1.165) is 64.7 Å². The second-order valence-electron chi connectivity index (χ2n) is 11.3. The molecule has 0 radical (unpaired) electrons. The maximum atomic E-state index is 11.4. The first kappa shape index (κ1) is 35.2. The molecule has 0 aliphatic heterocycles. The summed E-state index contributed by atoms with van der Waals surface area (Å²) in [6.07, 6.45) is 7.59. The summed E-state index contributed by atoms with van der Waals surface area (Å²) in [6.45, 7) is 11.5. The van der Waals surface area contributed by atoms with E-state index in [-0.39, 0.29) is 17.5 Å². The van der Waals surface area contributed by atoms with Gasteiger partial charge in [-0.1, -0.05) is 32.6 Å². The number of nitrogens with one attached hydrogen (secondary N) is 3. The molecule has 3 N–H and O–H groups in total. The minimum absolute atomic E-state index is 0.0165. The predicted octanol–water partition coefficient (Wildman–Crippen LogP) is 4.50. The van der Waals surface area contributed by atoms with Gasteiger partial charge in [-0.3, -0.25) is 0 Å². The molecular formula is C28H45N11O6. The Bertz CT molecular complexity index is 1350. The van der Waals surface area contributed by atoms with Crippen LogP contribution in [-0.4, -0.2) is 93.7 Å². The van der Waals surface area contributed by atoms with Crippen molar-refractivity contribution in [2.75, 3.05) is 39.3 Å². The number of nitro groups is 3. The molecule has 0 atom stereocenters. The largest absolute Gasteiger partial charge is 0.358 e. The van der Waals surface area contributed by atoms with E-state index in [1.54, 1.807) is 20.8 Å². The van der Waals surface area contributed by atoms with Crippen LogP contribution in [0.25, 0.3) is 0 Å². The number of aryl methyl sites for hydroxylation is 3. The summed E-state index contributed by atoms with van der Waals surface area (Å²) in [5.74, 6) is 1.33. The molecule has 3 aromatic rings. The van der Waals surface area contributed by atoms with E-state index in [2.05, 4.69) is 46.6 Å². The molecule has 17 nitrogen and oxygen atoms in total. The van der Waals surface area contributed by atoms with E-state index in [9.17, 15) is 30.3 Å². The first-order valence-corrected chi connectivity index (χ1v) is 15.5. The van der Waals surface area contributed by atoms with Gasteiger partial charge < -0.3 is 40.1 Å². The van der Waals surface area contributed by atoms with Crippen LogP contribution in [0, 0.1) is 51.1 Å². The second kappa shape index (κ2) is 17.3. The van der Waals surface area contributed by atoms with Gasteiger partial charge in [0.05, 0.1) is 0 Å². The Morgan fingerprint density at radius 1 is 0.533 bits per heavy atom. The van der Waals surface area contributed by atoms with Crippen molar-refractivity contribution in [3.8, 4) is 0 Å². The van der Waals surface area contributed by atoms with Gasteiger partial charge in [-0.2, -0.15) is 0 Å². The topological polar surface area (TPSA) is 222 Å². The number of H-pyrrole nitrogens is 3. The Balaban J connectivity index is 1.42.